The lowest BCUT2D eigenvalue weighted by Gasteiger charge is -2.35. The lowest BCUT2D eigenvalue weighted by molar-refractivity contribution is -0.153. The molecule has 2 atom stereocenters. The van der Waals surface area contributed by atoms with Crippen molar-refractivity contribution in [2.75, 3.05) is 39.8 Å². The number of thiophene rings is 1. The molecule has 0 saturated carbocycles. The largest absolute Gasteiger partial charge is 0.365 e. The summed E-state index contributed by atoms with van der Waals surface area (Å²) in [5.41, 5.74) is 0. The van der Waals surface area contributed by atoms with Gasteiger partial charge in [-0.25, -0.2) is 0 Å². The Morgan fingerprint density at radius 2 is 2.11 bits per heavy atom. The van der Waals surface area contributed by atoms with E-state index in [1.807, 2.05) is 11.0 Å². The number of hydrogen-bond acceptors (Lipinski definition) is 5. The highest BCUT2D eigenvalue weighted by Gasteiger charge is 2.34. The number of amides is 3. The van der Waals surface area contributed by atoms with Crippen molar-refractivity contribution in [1.82, 2.24) is 14.7 Å². The van der Waals surface area contributed by atoms with E-state index in [-0.39, 0.29) is 30.3 Å². The van der Waals surface area contributed by atoms with Crippen molar-refractivity contribution in [1.29, 1.82) is 0 Å². The number of morpholine rings is 1. The van der Waals surface area contributed by atoms with E-state index in [1.54, 1.807) is 22.9 Å². The number of carbonyl (C=O) groups is 3. The topological polar surface area (TPSA) is 70.2 Å². The van der Waals surface area contributed by atoms with Gasteiger partial charge in [0, 0.05) is 44.5 Å². The van der Waals surface area contributed by atoms with Crippen LogP contribution >= 0.6 is 22.9 Å². The average Bonchev–Trinajstić information content (AvgIpc) is 3.29. The van der Waals surface area contributed by atoms with Crippen molar-refractivity contribution in [3.05, 3.63) is 21.3 Å². The van der Waals surface area contributed by atoms with E-state index in [0.717, 1.165) is 17.7 Å². The third kappa shape index (κ3) is 5.04. The zero-order chi connectivity index (χ0) is 20.3. The molecule has 3 heterocycles. The van der Waals surface area contributed by atoms with E-state index in [4.69, 9.17) is 16.3 Å². The summed E-state index contributed by atoms with van der Waals surface area (Å²) in [7, 11) is 1.73. The molecule has 2 fully saturated rings. The Labute approximate surface area is 174 Å². The number of halogens is 1. The first-order chi connectivity index (χ1) is 13.3. The van der Waals surface area contributed by atoms with Gasteiger partial charge in [-0.2, -0.15) is 0 Å². The molecule has 1 aromatic rings. The van der Waals surface area contributed by atoms with Crippen molar-refractivity contribution in [2.45, 2.75) is 38.3 Å². The van der Waals surface area contributed by atoms with E-state index in [9.17, 15) is 14.4 Å². The van der Waals surface area contributed by atoms with E-state index < -0.39 is 6.10 Å². The Morgan fingerprint density at radius 3 is 2.79 bits per heavy atom. The first-order valence-electron chi connectivity index (χ1n) is 9.51. The van der Waals surface area contributed by atoms with Crippen LogP contribution in [0.4, 0.5) is 0 Å². The first kappa shape index (κ1) is 21.1. The lowest BCUT2D eigenvalue weighted by Crippen LogP contribution is -2.53. The van der Waals surface area contributed by atoms with Gasteiger partial charge in [0.05, 0.1) is 23.9 Å². The van der Waals surface area contributed by atoms with Crippen LogP contribution in [-0.4, -0.2) is 84.4 Å². The van der Waals surface area contributed by atoms with Gasteiger partial charge in [0.15, 0.2) is 6.10 Å². The second-order valence-corrected chi connectivity index (χ2v) is 9.11. The van der Waals surface area contributed by atoms with Crippen LogP contribution < -0.4 is 0 Å². The molecule has 0 aliphatic carbocycles. The zero-order valence-electron chi connectivity index (χ0n) is 16.2. The number of hydrogen-bond donors (Lipinski definition) is 0. The summed E-state index contributed by atoms with van der Waals surface area (Å²) in [6, 6.07) is 3.69. The number of ether oxygens (including phenoxy) is 1. The van der Waals surface area contributed by atoms with Crippen molar-refractivity contribution in [2.24, 2.45) is 0 Å². The van der Waals surface area contributed by atoms with Crippen LogP contribution in [0.5, 0.6) is 0 Å². The maximum absolute atomic E-state index is 12.8. The molecule has 9 heteroatoms. The van der Waals surface area contributed by atoms with E-state index >= 15 is 0 Å². The predicted octanol–water partition coefficient (Wildman–Crippen LogP) is 1.64. The molecule has 0 spiro atoms. The number of likely N-dealkylation sites (N-methyl/N-ethyl adjacent to an activating group) is 1. The predicted molar refractivity (Wildman–Crippen MR) is 107 cm³/mol. The van der Waals surface area contributed by atoms with Crippen LogP contribution in [0, 0.1) is 0 Å². The van der Waals surface area contributed by atoms with Gasteiger partial charge in [-0.15, -0.1) is 11.3 Å². The molecule has 0 N–H and O–H groups in total. The van der Waals surface area contributed by atoms with Crippen molar-refractivity contribution in [3.8, 4) is 0 Å². The second-order valence-electron chi connectivity index (χ2n) is 7.31. The Bertz CT molecular complexity index is 741. The smallest absolute Gasteiger partial charge is 0.253 e. The number of nitrogens with zero attached hydrogens (tertiary/aromatic N) is 3. The van der Waals surface area contributed by atoms with Crippen molar-refractivity contribution >= 4 is 40.7 Å². The van der Waals surface area contributed by atoms with E-state index in [1.165, 1.54) is 18.3 Å². The molecule has 0 bridgehead atoms. The summed E-state index contributed by atoms with van der Waals surface area (Å²) in [6.45, 7) is 3.84. The normalized spacial score (nSPS) is 22.4. The van der Waals surface area contributed by atoms with Crippen LogP contribution in [0.3, 0.4) is 0 Å². The average molecular weight is 428 g/mol. The summed E-state index contributed by atoms with van der Waals surface area (Å²) in [6.07, 6.45) is 1.51. The quantitative estimate of drug-likeness (QED) is 0.716. The fourth-order valence-electron chi connectivity index (χ4n) is 3.79. The molecule has 28 heavy (non-hydrogen) atoms. The summed E-state index contributed by atoms with van der Waals surface area (Å²) in [4.78, 5) is 43.2. The molecule has 0 aromatic carbocycles. The van der Waals surface area contributed by atoms with E-state index in [0.29, 0.717) is 37.0 Å². The Kier molecular flexibility index (Phi) is 6.95. The maximum Gasteiger partial charge on any atom is 0.253 e. The third-order valence-corrected chi connectivity index (χ3v) is 6.53. The summed E-state index contributed by atoms with van der Waals surface area (Å²) < 4.78 is 6.26. The third-order valence-electron chi connectivity index (χ3n) is 5.30. The van der Waals surface area contributed by atoms with E-state index in [2.05, 4.69) is 0 Å². The summed E-state index contributed by atoms with van der Waals surface area (Å²) in [5.74, 6) is -0.126. The van der Waals surface area contributed by atoms with Gasteiger partial charge in [0.1, 0.15) is 0 Å². The van der Waals surface area contributed by atoms with Crippen LogP contribution in [0.15, 0.2) is 12.1 Å². The van der Waals surface area contributed by atoms with Crippen molar-refractivity contribution < 1.29 is 19.1 Å². The molecule has 2 saturated heterocycles. The van der Waals surface area contributed by atoms with Gasteiger partial charge >= 0.3 is 0 Å². The number of likely N-dealkylation sites (tertiary alicyclic amines) is 1. The minimum atomic E-state index is -0.638. The summed E-state index contributed by atoms with van der Waals surface area (Å²) in [5, 5.41) is 0. The molecule has 1 aromatic heterocycles. The van der Waals surface area contributed by atoms with Gasteiger partial charge in [0.2, 0.25) is 11.8 Å². The Morgan fingerprint density at radius 1 is 1.32 bits per heavy atom. The first-order valence-corrected chi connectivity index (χ1v) is 10.7. The van der Waals surface area contributed by atoms with Gasteiger partial charge in [-0.1, -0.05) is 11.6 Å². The Hall–Kier alpha value is -1.64. The van der Waals surface area contributed by atoms with Crippen LogP contribution in [-0.2, 0) is 25.5 Å². The van der Waals surface area contributed by atoms with Crippen LogP contribution in [0.2, 0.25) is 4.34 Å². The van der Waals surface area contributed by atoms with Gasteiger partial charge in [-0.05, 0) is 25.0 Å². The number of rotatable bonds is 5. The molecule has 2 aliphatic heterocycles. The highest BCUT2D eigenvalue weighted by atomic mass is 35.5. The van der Waals surface area contributed by atoms with Crippen molar-refractivity contribution in [3.63, 3.8) is 0 Å². The number of carbonyl (C=O) groups excluding carboxylic acids is 3. The standard InChI is InChI=1S/C19H26ClN3O4S/c1-13(24)22-8-9-27-16(12-22)19(26)21(2)11-14-4-3-7-23(14)18(25)10-15-5-6-17(20)28-15/h5-6,14,16H,3-4,7-12H2,1-2H3/t14-,16?/m0/s1. The molecule has 154 valence electrons. The molecular formula is C19H26ClN3O4S. The molecular weight excluding hydrogens is 402 g/mol. The molecule has 0 radical (unpaired) electrons. The molecule has 1 unspecified atom stereocenters. The second kappa shape index (κ2) is 9.24. The van der Waals surface area contributed by atoms with Crippen LogP contribution in [0.1, 0.15) is 24.6 Å². The SMILES string of the molecule is CC(=O)N1CCOC(C(=O)N(C)C[C@@H]2CCCN2C(=O)Cc2ccc(Cl)s2)C1. The summed E-state index contributed by atoms with van der Waals surface area (Å²) >= 11 is 7.37. The minimum absolute atomic E-state index is 0.00406. The monoisotopic (exact) mass is 427 g/mol. The van der Waals surface area contributed by atoms with Gasteiger partial charge < -0.3 is 19.4 Å². The maximum atomic E-state index is 12.8. The zero-order valence-corrected chi connectivity index (χ0v) is 17.8. The molecule has 7 nitrogen and oxygen atoms in total. The van der Waals surface area contributed by atoms with Gasteiger partial charge in [0.25, 0.3) is 5.91 Å². The fourth-order valence-corrected chi connectivity index (χ4v) is 4.87. The molecule has 2 aliphatic rings. The lowest BCUT2D eigenvalue weighted by atomic mass is 10.1. The van der Waals surface area contributed by atoms with Gasteiger partial charge in [-0.3, -0.25) is 14.4 Å². The highest BCUT2D eigenvalue weighted by Crippen LogP contribution is 2.25. The minimum Gasteiger partial charge on any atom is -0.365 e. The van der Waals surface area contributed by atoms with Crippen LogP contribution in [0.25, 0.3) is 0 Å². The fraction of sp³-hybridized carbons (Fsp3) is 0.632. The molecule has 3 rings (SSSR count). The highest BCUT2D eigenvalue weighted by molar-refractivity contribution is 7.16. The molecule has 3 amide bonds. The Balaban J connectivity index is 1.56.